The van der Waals surface area contributed by atoms with Crippen molar-refractivity contribution in [2.45, 2.75) is 43.8 Å². The quantitative estimate of drug-likeness (QED) is 0.514. The highest BCUT2D eigenvalue weighted by atomic mass is 79.9. The minimum atomic E-state index is -3.35. The van der Waals surface area contributed by atoms with Gasteiger partial charge in [0, 0.05) is 11.9 Å². The third-order valence-corrected chi connectivity index (χ3v) is 7.54. The van der Waals surface area contributed by atoms with E-state index in [1.54, 1.807) is 0 Å². The van der Waals surface area contributed by atoms with Crippen molar-refractivity contribution in [3.63, 3.8) is 0 Å². The number of unbranched alkanes of at least 4 members (excludes halogenated alkanes) is 3. The highest BCUT2D eigenvalue weighted by molar-refractivity contribution is 9.09. The van der Waals surface area contributed by atoms with Gasteiger partial charge in [-0.15, -0.1) is 0 Å². The lowest BCUT2D eigenvalue weighted by molar-refractivity contribution is 0.539. The maximum atomic E-state index is 12.0. The van der Waals surface area contributed by atoms with E-state index in [0.29, 0.717) is 6.54 Å². The zero-order valence-corrected chi connectivity index (χ0v) is 14.2. The number of halogens is 1. The molecule has 5 nitrogen and oxygen atoms in total. The maximum Gasteiger partial charge on any atom is 0.214 e. The minimum absolute atomic E-state index is 0.0101. The Morgan fingerprint density at radius 1 is 1.05 bits per heavy atom. The molecule has 0 unspecified atom stereocenters. The van der Waals surface area contributed by atoms with Crippen molar-refractivity contribution in [1.82, 2.24) is 4.72 Å². The third kappa shape index (κ3) is 6.55. The molecule has 0 bridgehead atoms. The van der Waals surface area contributed by atoms with E-state index < -0.39 is 25.1 Å². The van der Waals surface area contributed by atoms with Crippen molar-refractivity contribution < 1.29 is 16.8 Å². The van der Waals surface area contributed by atoms with Crippen LogP contribution in [0.25, 0.3) is 0 Å². The number of sulfone groups is 1. The van der Waals surface area contributed by atoms with Crippen molar-refractivity contribution >= 4 is 35.8 Å². The number of hydrogen-bond acceptors (Lipinski definition) is 4. The average Bonchev–Trinajstić information content (AvgIpc) is 2.33. The molecule has 0 aromatic heterocycles. The average molecular weight is 376 g/mol. The van der Waals surface area contributed by atoms with Crippen LogP contribution in [0.1, 0.15) is 38.5 Å². The summed E-state index contributed by atoms with van der Waals surface area (Å²) in [7, 11) is -6.36. The normalized spacial score (nSPS) is 20.5. The number of nitrogens with one attached hydrogen (secondary N) is 1. The molecule has 1 aliphatic heterocycles. The van der Waals surface area contributed by atoms with Gasteiger partial charge in [0.1, 0.15) is 9.84 Å². The Balaban J connectivity index is 2.28. The van der Waals surface area contributed by atoms with Crippen LogP contribution in [0.4, 0.5) is 0 Å². The molecule has 1 fully saturated rings. The van der Waals surface area contributed by atoms with Crippen LogP contribution in [-0.2, 0) is 19.9 Å². The molecule has 0 radical (unpaired) electrons. The second kappa shape index (κ2) is 7.95. The first-order valence-electron chi connectivity index (χ1n) is 6.62. The Bertz CT molecular complexity index is 447. The number of alkyl halides is 1. The molecule has 1 saturated heterocycles. The topological polar surface area (TPSA) is 80.3 Å². The largest absolute Gasteiger partial charge is 0.229 e. The summed E-state index contributed by atoms with van der Waals surface area (Å²) in [6.45, 7) is 0.452. The molecule has 8 heteroatoms. The van der Waals surface area contributed by atoms with Gasteiger partial charge < -0.3 is 0 Å². The van der Waals surface area contributed by atoms with Gasteiger partial charge in [0.2, 0.25) is 10.0 Å². The van der Waals surface area contributed by atoms with Gasteiger partial charge in [0.05, 0.1) is 16.8 Å². The zero-order chi connectivity index (χ0) is 14.4. The predicted octanol–water partition coefficient (Wildman–Crippen LogP) is 1.44. The highest BCUT2D eigenvalue weighted by Crippen LogP contribution is 2.18. The Labute approximate surface area is 124 Å². The van der Waals surface area contributed by atoms with Crippen LogP contribution in [0.15, 0.2) is 0 Å². The lowest BCUT2D eigenvalue weighted by Crippen LogP contribution is -2.40. The fourth-order valence-corrected chi connectivity index (χ4v) is 5.79. The summed E-state index contributed by atoms with van der Waals surface area (Å²) in [5, 5.41) is 0.438. The second-order valence-electron chi connectivity index (χ2n) is 4.89. The molecule has 1 rings (SSSR count). The second-order valence-corrected chi connectivity index (χ2v) is 10.0. The summed E-state index contributed by atoms with van der Waals surface area (Å²) in [5.74, 6) is -0.0202. The van der Waals surface area contributed by atoms with Gasteiger partial charge in [0.15, 0.2) is 0 Å². The van der Waals surface area contributed by atoms with E-state index in [2.05, 4.69) is 20.7 Å². The predicted molar refractivity (Wildman–Crippen MR) is 80.9 cm³/mol. The van der Waals surface area contributed by atoms with Crippen molar-refractivity contribution in [2.24, 2.45) is 0 Å². The smallest absolute Gasteiger partial charge is 0.214 e. The van der Waals surface area contributed by atoms with Crippen molar-refractivity contribution in [1.29, 1.82) is 0 Å². The molecule has 0 spiro atoms. The lowest BCUT2D eigenvalue weighted by atomic mass is 10.2. The first-order chi connectivity index (χ1) is 8.87. The first kappa shape index (κ1) is 17.4. The molecule has 1 heterocycles. The standard InChI is InChI=1S/C11H22BrNO4S2/c12-7-3-1-2-4-8-13-19(16,17)11-5-9-18(14,15)10-6-11/h11,13H,1-10H2. The van der Waals surface area contributed by atoms with Crippen molar-refractivity contribution in [3.8, 4) is 0 Å². The molecule has 0 saturated carbocycles. The van der Waals surface area contributed by atoms with Crippen LogP contribution >= 0.6 is 15.9 Å². The van der Waals surface area contributed by atoms with Crippen LogP contribution in [0.5, 0.6) is 0 Å². The monoisotopic (exact) mass is 375 g/mol. The molecule has 1 N–H and O–H groups in total. The van der Waals surface area contributed by atoms with Crippen LogP contribution in [-0.4, -0.2) is 45.5 Å². The summed E-state index contributed by atoms with van der Waals surface area (Å²) in [6, 6.07) is 0. The van der Waals surface area contributed by atoms with Gasteiger partial charge in [0.25, 0.3) is 0 Å². The van der Waals surface area contributed by atoms with Crippen LogP contribution in [0.2, 0.25) is 0 Å². The lowest BCUT2D eigenvalue weighted by Gasteiger charge is -2.22. The maximum absolute atomic E-state index is 12.0. The summed E-state index contributed by atoms with van der Waals surface area (Å²) in [4.78, 5) is 0. The van der Waals surface area contributed by atoms with E-state index in [4.69, 9.17) is 0 Å². The molecular formula is C11H22BrNO4S2. The molecule has 0 aliphatic carbocycles. The highest BCUT2D eigenvalue weighted by Gasteiger charge is 2.32. The Kier molecular flexibility index (Phi) is 7.28. The number of rotatable bonds is 8. The molecule has 0 atom stereocenters. The Hall–Kier alpha value is 0.340. The SMILES string of the molecule is O=S1(=O)CCC(S(=O)(=O)NCCCCCCBr)CC1. The molecule has 114 valence electrons. The van der Waals surface area contributed by atoms with Crippen LogP contribution in [0, 0.1) is 0 Å². The van der Waals surface area contributed by atoms with Gasteiger partial charge in [-0.2, -0.15) is 0 Å². The van der Waals surface area contributed by atoms with Crippen molar-refractivity contribution in [3.05, 3.63) is 0 Å². The van der Waals surface area contributed by atoms with E-state index >= 15 is 0 Å². The Morgan fingerprint density at radius 2 is 1.63 bits per heavy atom. The Morgan fingerprint density at radius 3 is 2.21 bits per heavy atom. The molecule has 0 amide bonds. The van der Waals surface area contributed by atoms with E-state index in [-0.39, 0.29) is 24.3 Å². The summed E-state index contributed by atoms with van der Waals surface area (Å²) in [5.41, 5.74) is 0. The van der Waals surface area contributed by atoms with Gasteiger partial charge in [-0.05, 0) is 25.7 Å². The van der Waals surface area contributed by atoms with Gasteiger partial charge in [-0.25, -0.2) is 21.6 Å². The molecule has 1 aliphatic rings. The number of sulfonamides is 1. The van der Waals surface area contributed by atoms with Crippen molar-refractivity contribution in [2.75, 3.05) is 23.4 Å². The molecule has 19 heavy (non-hydrogen) atoms. The van der Waals surface area contributed by atoms with E-state index in [1.807, 2.05) is 0 Å². The fraction of sp³-hybridized carbons (Fsp3) is 1.00. The van der Waals surface area contributed by atoms with E-state index in [0.717, 1.165) is 31.0 Å². The van der Waals surface area contributed by atoms with Crippen LogP contribution < -0.4 is 4.72 Å². The van der Waals surface area contributed by atoms with E-state index in [1.165, 1.54) is 0 Å². The summed E-state index contributed by atoms with van der Waals surface area (Å²) >= 11 is 3.35. The molecule has 0 aromatic rings. The summed E-state index contributed by atoms with van der Waals surface area (Å²) < 4.78 is 49.1. The van der Waals surface area contributed by atoms with Gasteiger partial charge >= 0.3 is 0 Å². The number of hydrogen-bond donors (Lipinski definition) is 1. The summed E-state index contributed by atoms with van der Waals surface area (Å²) in [6.07, 6.45) is 4.48. The third-order valence-electron chi connectivity index (χ3n) is 3.30. The minimum Gasteiger partial charge on any atom is -0.229 e. The van der Waals surface area contributed by atoms with E-state index in [9.17, 15) is 16.8 Å². The molecule has 0 aromatic carbocycles. The first-order valence-corrected chi connectivity index (χ1v) is 11.1. The molecular weight excluding hydrogens is 354 g/mol. The van der Waals surface area contributed by atoms with Gasteiger partial charge in [-0.3, -0.25) is 0 Å². The van der Waals surface area contributed by atoms with Gasteiger partial charge in [-0.1, -0.05) is 28.8 Å². The van der Waals surface area contributed by atoms with Crippen LogP contribution in [0.3, 0.4) is 0 Å². The zero-order valence-electron chi connectivity index (χ0n) is 11.0. The fourth-order valence-electron chi connectivity index (χ4n) is 2.08.